The van der Waals surface area contributed by atoms with Gasteiger partial charge in [0.25, 0.3) is 0 Å². The first-order valence-electron chi connectivity index (χ1n) is 5.52. The molecule has 0 amide bonds. The van der Waals surface area contributed by atoms with Crippen LogP contribution in [0.5, 0.6) is 5.75 Å². The molecule has 0 radical (unpaired) electrons. The molecule has 0 spiro atoms. The van der Waals surface area contributed by atoms with Crippen LogP contribution in [0.4, 0.5) is 0 Å². The first kappa shape index (κ1) is 11.6. The molecule has 17 heavy (non-hydrogen) atoms. The number of hydrogen-bond donors (Lipinski definition) is 1. The SMILES string of the molecule is Cc1cnc(CO)cc1OCc1ccccc1. The molecule has 0 saturated heterocycles. The van der Waals surface area contributed by atoms with Gasteiger partial charge in [0.15, 0.2) is 0 Å². The Balaban J connectivity index is 2.08. The van der Waals surface area contributed by atoms with Gasteiger partial charge in [0.1, 0.15) is 12.4 Å². The number of aliphatic hydroxyl groups is 1. The van der Waals surface area contributed by atoms with Crippen LogP contribution in [-0.2, 0) is 13.2 Å². The number of pyridine rings is 1. The highest BCUT2D eigenvalue weighted by Gasteiger charge is 2.02. The normalized spacial score (nSPS) is 10.2. The van der Waals surface area contributed by atoms with Gasteiger partial charge in [0.05, 0.1) is 12.3 Å². The zero-order valence-corrected chi connectivity index (χ0v) is 9.76. The number of ether oxygens (including phenoxy) is 1. The Hall–Kier alpha value is -1.87. The Morgan fingerprint density at radius 2 is 2.00 bits per heavy atom. The van der Waals surface area contributed by atoms with Crippen molar-refractivity contribution in [2.75, 3.05) is 0 Å². The molecule has 0 bridgehead atoms. The summed E-state index contributed by atoms with van der Waals surface area (Å²) in [5.74, 6) is 0.771. The van der Waals surface area contributed by atoms with Crippen molar-refractivity contribution in [3.05, 3.63) is 59.4 Å². The fraction of sp³-hybridized carbons (Fsp3) is 0.214. The van der Waals surface area contributed by atoms with Crippen molar-refractivity contribution in [1.82, 2.24) is 4.98 Å². The summed E-state index contributed by atoms with van der Waals surface area (Å²) in [6.07, 6.45) is 1.71. The lowest BCUT2D eigenvalue weighted by Gasteiger charge is -2.09. The van der Waals surface area contributed by atoms with E-state index in [0.717, 1.165) is 16.9 Å². The molecule has 3 nitrogen and oxygen atoms in total. The summed E-state index contributed by atoms with van der Waals surface area (Å²) >= 11 is 0. The van der Waals surface area contributed by atoms with E-state index in [2.05, 4.69) is 4.98 Å². The molecule has 0 unspecified atom stereocenters. The molecule has 0 fully saturated rings. The zero-order valence-electron chi connectivity index (χ0n) is 9.76. The molecule has 88 valence electrons. The van der Waals surface area contributed by atoms with Crippen molar-refractivity contribution in [1.29, 1.82) is 0 Å². The van der Waals surface area contributed by atoms with Gasteiger partial charge >= 0.3 is 0 Å². The van der Waals surface area contributed by atoms with Crippen LogP contribution in [0.3, 0.4) is 0 Å². The topological polar surface area (TPSA) is 42.4 Å². The minimum atomic E-state index is -0.0675. The average molecular weight is 229 g/mol. The molecule has 0 aliphatic heterocycles. The van der Waals surface area contributed by atoms with Gasteiger partial charge in [-0.25, -0.2) is 0 Å². The van der Waals surface area contributed by atoms with Gasteiger partial charge in [0.2, 0.25) is 0 Å². The van der Waals surface area contributed by atoms with Crippen molar-refractivity contribution in [3.63, 3.8) is 0 Å². The van der Waals surface area contributed by atoms with Crippen LogP contribution in [0.1, 0.15) is 16.8 Å². The molecular formula is C14H15NO2. The highest BCUT2D eigenvalue weighted by Crippen LogP contribution is 2.19. The molecule has 0 saturated carbocycles. The van der Waals surface area contributed by atoms with Crippen molar-refractivity contribution in [2.45, 2.75) is 20.1 Å². The van der Waals surface area contributed by atoms with E-state index in [1.54, 1.807) is 12.3 Å². The zero-order chi connectivity index (χ0) is 12.1. The lowest BCUT2D eigenvalue weighted by atomic mass is 10.2. The Bertz CT molecular complexity index is 483. The highest BCUT2D eigenvalue weighted by atomic mass is 16.5. The number of aromatic nitrogens is 1. The third kappa shape index (κ3) is 3.04. The van der Waals surface area contributed by atoms with Crippen LogP contribution < -0.4 is 4.74 Å². The Kier molecular flexibility index (Phi) is 3.73. The second-order valence-electron chi connectivity index (χ2n) is 3.87. The molecule has 2 rings (SSSR count). The molecule has 2 aromatic rings. The average Bonchev–Trinajstić information content (AvgIpc) is 2.39. The van der Waals surface area contributed by atoms with Crippen molar-refractivity contribution in [3.8, 4) is 5.75 Å². The molecule has 1 aromatic heterocycles. The molecular weight excluding hydrogens is 214 g/mol. The number of hydrogen-bond acceptors (Lipinski definition) is 3. The first-order valence-corrected chi connectivity index (χ1v) is 5.52. The largest absolute Gasteiger partial charge is 0.489 e. The standard InChI is InChI=1S/C14H15NO2/c1-11-8-15-13(9-16)7-14(11)17-10-12-5-3-2-4-6-12/h2-8,16H,9-10H2,1H3. The number of aryl methyl sites for hydroxylation is 1. The van der Waals surface area contributed by atoms with E-state index in [1.165, 1.54) is 0 Å². The van der Waals surface area contributed by atoms with Gasteiger partial charge in [-0.1, -0.05) is 30.3 Å². The van der Waals surface area contributed by atoms with E-state index >= 15 is 0 Å². The van der Waals surface area contributed by atoms with E-state index in [0.29, 0.717) is 12.3 Å². The number of nitrogens with zero attached hydrogens (tertiary/aromatic N) is 1. The lowest BCUT2D eigenvalue weighted by molar-refractivity contribution is 0.272. The van der Waals surface area contributed by atoms with Crippen LogP contribution in [0.25, 0.3) is 0 Å². The summed E-state index contributed by atoms with van der Waals surface area (Å²) in [5.41, 5.74) is 2.71. The predicted molar refractivity (Wildman–Crippen MR) is 65.7 cm³/mol. The summed E-state index contributed by atoms with van der Waals surface area (Å²) in [6.45, 7) is 2.40. The summed E-state index contributed by atoms with van der Waals surface area (Å²) in [5, 5.41) is 9.02. The number of aliphatic hydroxyl groups excluding tert-OH is 1. The summed E-state index contributed by atoms with van der Waals surface area (Å²) in [7, 11) is 0. The Morgan fingerprint density at radius 3 is 2.71 bits per heavy atom. The van der Waals surface area contributed by atoms with Gasteiger partial charge in [-0.2, -0.15) is 0 Å². The highest BCUT2D eigenvalue weighted by molar-refractivity contribution is 5.32. The quantitative estimate of drug-likeness (QED) is 0.875. The molecule has 0 aliphatic rings. The van der Waals surface area contributed by atoms with Crippen LogP contribution in [-0.4, -0.2) is 10.1 Å². The van der Waals surface area contributed by atoms with Gasteiger partial charge in [-0.3, -0.25) is 4.98 Å². The molecule has 1 N–H and O–H groups in total. The van der Waals surface area contributed by atoms with Crippen molar-refractivity contribution >= 4 is 0 Å². The van der Waals surface area contributed by atoms with E-state index in [1.807, 2.05) is 37.3 Å². The maximum absolute atomic E-state index is 9.02. The second-order valence-corrected chi connectivity index (χ2v) is 3.87. The van der Waals surface area contributed by atoms with Gasteiger partial charge < -0.3 is 9.84 Å². The van der Waals surface area contributed by atoms with E-state index < -0.39 is 0 Å². The van der Waals surface area contributed by atoms with Crippen LogP contribution >= 0.6 is 0 Å². The van der Waals surface area contributed by atoms with Gasteiger partial charge in [-0.15, -0.1) is 0 Å². The number of benzene rings is 1. The van der Waals surface area contributed by atoms with Crippen LogP contribution in [0.15, 0.2) is 42.6 Å². The molecule has 0 atom stereocenters. The predicted octanol–water partition coefficient (Wildman–Crippen LogP) is 2.46. The first-order chi connectivity index (χ1) is 8.29. The van der Waals surface area contributed by atoms with E-state index in [9.17, 15) is 0 Å². The smallest absolute Gasteiger partial charge is 0.126 e. The monoisotopic (exact) mass is 229 g/mol. The maximum Gasteiger partial charge on any atom is 0.126 e. The molecule has 1 aromatic carbocycles. The summed E-state index contributed by atoms with van der Waals surface area (Å²) < 4.78 is 5.71. The van der Waals surface area contributed by atoms with E-state index in [-0.39, 0.29) is 6.61 Å². The minimum Gasteiger partial charge on any atom is -0.489 e. The third-order valence-corrected chi connectivity index (χ3v) is 2.51. The molecule has 1 heterocycles. The fourth-order valence-corrected chi connectivity index (χ4v) is 1.52. The van der Waals surface area contributed by atoms with Gasteiger partial charge in [0, 0.05) is 17.8 Å². The third-order valence-electron chi connectivity index (χ3n) is 2.51. The number of rotatable bonds is 4. The van der Waals surface area contributed by atoms with Crippen molar-refractivity contribution in [2.24, 2.45) is 0 Å². The Morgan fingerprint density at radius 1 is 1.24 bits per heavy atom. The molecule has 3 heteroatoms. The van der Waals surface area contributed by atoms with E-state index in [4.69, 9.17) is 9.84 Å². The maximum atomic E-state index is 9.02. The summed E-state index contributed by atoms with van der Waals surface area (Å²) in [6, 6.07) is 11.8. The lowest BCUT2D eigenvalue weighted by Crippen LogP contribution is -1.99. The minimum absolute atomic E-state index is 0.0675. The van der Waals surface area contributed by atoms with Gasteiger partial charge in [-0.05, 0) is 12.5 Å². The van der Waals surface area contributed by atoms with Crippen molar-refractivity contribution < 1.29 is 9.84 Å². The second kappa shape index (κ2) is 5.46. The fourth-order valence-electron chi connectivity index (χ4n) is 1.52. The summed E-state index contributed by atoms with van der Waals surface area (Å²) in [4.78, 5) is 4.08. The Labute approximate surface area is 101 Å². The van der Waals surface area contributed by atoms with Crippen LogP contribution in [0, 0.1) is 6.92 Å². The van der Waals surface area contributed by atoms with Crippen LogP contribution in [0.2, 0.25) is 0 Å². The molecule has 0 aliphatic carbocycles.